The van der Waals surface area contributed by atoms with Crippen molar-refractivity contribution in [3.05, 3.63) is 96.4 Å². The summed E-state index contributed by atoms with van der Waals surface area (Å²) >= 11 is 15.8. The van der Waals surface area contributed by atoms with Crippen molar-refractivity contribution in [2.24, 2.45) is 5.10 Å². The number of fused-ring (bicyclic) bond motifs is 1. The Bertz CT molecular complexity index is 1530. The molecule has 0 aliphatic rings. The van der Waals surface area contributed by atoms with Crippen LogP contribution < -0.4 is 15.0 Å². The minimum Gasteiger partial charge on any atom is -0.493 e. The third-order valence-corrected chi connectivity index (χ3v) is 6.49. The Labute approximate surface area is 227 Å². The topological polar surface area (TPSA) is 65.7 Å². The highest BCUT2D eigenvalue weighted by atomic mass is 79.9. The van der Waals surface area contributed by atoms with Crippen molar-refractivity contribution in [2.45, 2.75) is 32.8 Å². The molecule has 0 aliphatic heterocycles. The molecule has 0 radical (unpaired) electrons. The Morgan fingerprint density at radius 2 is 1.89 bits per heavy atom. The van der Waals surface area contributed by atoms with E-state index in [4.69, 9.17) is 37.7 Å². The van der Waals surface area contributed by atoms with Crippen LogP contribution in [0.25, 0.3) is 10.9 Å². The third kappa shape index (κ3) is 5.59. The summed E-state index contributed by atoms with van der Waals surface area (Å²) in [7, 11) is 1.56. The lowest BCUT2D eigenvalue weighted by Crippen LogP contribution is -2.29. The molecule has 4 rings (SSSR count). The van der Waals surface area contributed by atoms with E-state index in [0.29, 0.717) is 43.8 Å². The monoisotopic (exact) mass is 587 g/mol. The summed E-state index contributed by atoms with van der Waals surface area (Å²) in [6.45, 7) is 6.15. The Balaban J connectivity index is 1.78. The zero-order valence-electron chi connectivity index (χ0n) is 20.2. The normalized spacial score (nSPS) is 11.9. The number of halogens is 3. The minimum absolute atomic E-state index is 0.190. The van der Waals surface area contributed by atoms with Crippen LogP contribution >= 0.6 is 39.1 Å². The first-order chi connectivity index (χ1) is 17.1. The summed E-state index contributed by atoms with van der Waals surface area (Å²) in [5.41, 5.74) is 1.31. The molecule has 9 heteroatoms. The molecule has 0 spiro atoms. The van der Waals surface area contributed by atoms with E-state index >= 15 is 0 Å². The van der Waals surface area contributed by atoms with Gasteiger partial charge in [-0.2, -0.15) is 9.78 Å². The van der Waals surface area contributed by atoms with E-state index in [1.807, 2.05) is 51.1 Å². The molecule has 186 valence electrons. The van der Waals surface area contributed by atoms with Gasteiger partial charge >= 0.3 is 0 Å². The van der Waals surface area contributed by atoms with Gasteiger partial charge in [-0.3, -0.25) is 4.79 Å². The number of hydrogen-bond acceptors (Lipinski definition) is 5. The van der Waals surface area contributed by atoms with E-state index in [0.717, 1.165) is 10.0 Å². The molecule has 1 aromatic heterocycles. The molecule has 0 aliphatic carbocycles. The van der Waals surface area contributed by atoms with Crippen molar-refractivity contribution in [3.8, 4) is 11.5 Å². The molecule has 0 amide bonds. The van der Waals surface area contributed by atoms with Gasteiger partial charge < -0.3 is 9.47 Å². The molecule has 0 unspecified atom stereocenters. The molecule has 0 atom stereocenters. The number of methoxy groups -OCH3 is 1. The largest absolute Gasteiger partial charge is 0.493 e. The molecule has 6 nitrogen and oxygen atoms in total. The molecule has 0 N–H and O–H groups in total. The van der Waals surface area contributed by atoms with Crippen LogP contribution in [0.3, 0.4) is 0 Å². The molecule has 0 saturated carbocycles. The average molecular weight is 589 g/mol. The second kappa shape index (κ2) is 10.6. The van der Waals surface area contributed by atoms with Crippen molar-refractivity contribution < 1.29 is 9.47 Å². The molecule has 3 aromatic carbocycles. The minimum atomic E-state index is -0.434. The zero-order valence-corrected chi connectivity index (χ0v) is 23.3. The van der Waals surface area contributed by atoms with Crippen molar-refractivity contribution >= 4 is 56.2 Å². The van der Waals surface area contributed by atoms with Crippen molar-refractivity contribution in [3.63, 3.8) is 0 Å². The molecule has 1 heterocycles. The molecule has 0 fully saturated rings. The lowest BCUT2D eigenvalue weighted by Gasteiger charge is -2.21. The number of rotatable bonds is 6. The van der Waals surface area contributed by atoms with Crippen LogP contribution in [0.4, 0.5) is 0 Å². The van der Waals surface area contributed by atoms with Gasteiger partial charge in [0.05, 0.1) is 24.2 Å². The van der Waals surface area contributed by atoms with Crippen LogP contribution in [0.1, 0.15) is 37.7 Å². The second-order valence-electron chi connectivity index (χ2n) is 9.11. The van der Waals surface area contributed by atoms with Crippen LogP contribution in [0.2, 0.25) is 10.0 Å². The Morgan fingerprint density at radius 1 is 1.11 bits per heavy atom. The predicted molar refractivity (Wildman–Crippen MR) is 149 cm³/mol. The summed E-state index contributed by atoms with van der Waals surface area (Å²) in [6.07, 6.45) is 1.57. The van der Waals surface area contributed by atoms with Crippen LogP contribution in [0.15, 0.2) is 69.0 Å². The molecule has 0 saturated heterocycles. The second-order valence-corrected chi connectivity index (χ2v) is 10.9. The first kappa shape index (κ1) is 26.2. The van der Waals surface area contributed by atoms with Gasteiger partial charge in [0.15, 0.2) is 11.5 Å². The van der Waals surface area contributed by atoms with Crippen LogP contribution in [-0.2, 0) is 12.0 Å². The molecular weight excluding hydrogens is 565 g/mol. The van der Waals surface area contributed by atoms with Gasteiger partial charge in [-0.15, -0.1) is 0 Å². The quantitative estimate of drug-likeness (QED) is 0.223. The van der Waals surface area contributed by atoms with Crippen LogP contribution in [0.5, 0.6) is 11.5 Å². The van der Waals surface area contributed by atoms with E-state index in [1.54, 1.807) is 37.6 Å². The third-order valence-electron chi connectivity index (χ3n) is 5.41. The number of para-hydroxylation sites is 1. The first-order valence-corrected chi connectivity index (χ1v) is 12.6. The predicted octanol–water partition coefficient (Wildman–Crippen LogP) is 7.23. The molecule has 0 bridgehead atoms. The highest BCUT2D eigenvalue weighted by Gasteiger charge is 2.23. The van der Waals surface area contributed by atoms with Gasteiger partial charge in [-0.1, -0.05) is 72.0 Å². The highest BCUT2D eigenvalue weighted by Crippen LogP contribution is 2.32. The smallest absolute Gasteiger partial charge is 0.282 e. The lowest BCUT2D eigenvalue weighted by atomic mass is 9.95. The standard InChI is InChI=1S/C27H24BrCl2N3O3/c1-27(2,3)26-32-22-11-9-18(28)12-20(22)25(34)33(26)31-14-16-6-5-7-23(35-4)24(16)36-15-17-8-10-19(29)13-21(17)30/h5-14H,15H2,1-4H3. The Hall–Kier alpha value is -2.87. The van der Waals surface area contributed by atoms with E-state index in [2.05, 4.69) is 21.0 Å². The Kier molecular flexibility index (Phi) is 7.73. The van der Waals surface area contributed by atoms with Crippen molar-refractivity contribution in [1.29, 1.82) is 0 Å². The lowest BCUT2D eigenvalue weighted by molar-refractivity contribution is 0.284. The number of aromatic nitrogens is 2. The van der Waals surface area contributed by atoms with Crippen molar-refractivity contribution in [1.82, 2.24) is 9.66 Å². The Morgan fingerprint density at radius 3 is 2.58 bits per heavy atom. The SMILES string of the molecule is COc1cccc(C=Nn2c(C(C)(C)C)nc3ccc(Br)cc3c2=O)c1OCc1ccc(Cl)cc1Cl. The first-order valence-electron chi connectivity index (χ1n) is 11.1. The van der Waals surface area contributed by atoms with Gasteiger partial charge in [-0.05, 0) is 42.5 Å². The number of hydrogen-bond donors (Lipinski definition) is 0. The van der Waals surface area contributed by atoms with Gasteiger partial charge in [-0.25, -0.2) is 4.98 Å². The van der Waals surface area contributed by atoms with Gasteiger partial charge in [0.1, 0.15) is 12.4 Å². The van der Waals surface area contributed by atoms with E-state index < -0.39 is 5.41 Å². The van der Waals surface area contributed by atoms with Gasteiger partial charge in [0, 0.05) is 31.1 Å². The van der Waals surface area contributed by atoms with Gasteiger partial charge in [0.2, 0.25) is 0 Å². The zero-order chi connectivity index (χ0) is 26.0. The summed E-state index contributed by atoms with van der Waals surface area (Å²) < 4.78 is 13.8. The summed E-state index contributed by atoms with van der Waals surface area (Å²) in [6, 6.07) is 16.1. The maximum atomic E-state index is 13.5. The summed E-state index contributed by atoms with van der Waals surface area (Å²) in [4.78, 5) is 18.2. The number of benzene rings is 3. The fourth-order valence-corrected chi connectivity index (χ4v) is 4.42. The van der Waals surface area contributed by atoms with Crippen LogP contribution in [0, 0.1) is 0 Å². The summed E-state index contributed by atoms with van der Waals surface area (Å²) in [5.74, 6) is 1.53. The van der Waals surface area contributed by atoms with Gasteiger partial charge in [0.25, 0.3) is 5.56 Å². The van der Waals surface area contributed by atoms with Crippen molar-refractivity contribution in [2.75, 3.05) is 7.11 Å². The van der Waals surface area contributed by atoms with E-state index in [-0.39, 0.29) is 12.2 Å². The van der Waals surface area contributed by atoms with E-state index in [9.17, 15) is 4.79 Å². The fourth-order valence-electron chi connectivity index (χ4n) is 3.60. The fraction of sp³-hybridized carbons (Fsp3) is 0.222. The molecule has 36 heavy (non-hydrogen) atoms. The average Bonchev–Trinajstić information content (AvgIpc) is 2.82. The maximum Gasteiger partial charge on any atom is 0.282 e. The molecule has 4 aromatic rings. The summed E-state index contributed by atoms with van der Waals surface area (Å²) in [5, 5.41) is 6.08. The highest BCUT2D eigenvalue weighted by molar-refractivity contribution is 9.10. The molecular formula is C27H24BrCl2N3O3. The number of nitrogens with zero attached hydrogens (tertiary/aromatic N) is 3. The maximum absolute atomic E-state index is 13.5. The number of ether oxygens (including phenoxy) is 2. The van der Waals surface area contributed by atoms with E-state index in [1.165, 1.54) is 4.68 Å². The van der Waals surface area contributed by atoms with Crippen LogP contribution in [-0.4, -0.2) is 23.0 Å².